The minimum Gasteiger partial charge on any atom is -0.486 e. The number of hydrogen-bond acceptors (Lipinski definition) is 1. The molecule has 0 bridgehead atoms. The largest absolute Gasteiger partial charge is 0.486 e. The highest BCUT2D eigenvalue weighted by atomic mass is 19.2. The summed E-state index contributed by atoms with van der Waals surface area (Å²) in [5.41, 5.74) is 2.92. The lowest BCUT2D eigenvalue weighted by Gasteiger charge is -2.10. The summed E-state index contributed by atoms with van der Waals surface area (Å²) in [6, 6.07) is 15.2. The van der Waals surface area contributed by atoms with E-state index >= 15 is 0 Å². The Hall–Kier alpha value is -2.75. The molecule has 3 aromatic carbocycles. The van der Waals surface area contributed by atoms with Crippen molar-refractivity contribution in [3.05, 3.63) is 88.7 Å². The van der Waals surface area contributed by atoms with E-state index in [1.807, 2.05) is 13.0 Å². The third-order valence-corrected chi connectivity index (χ3v) is 4.74. The first kappa shape index (κ1) is 20.0. The normalized spacial score (nSPS) is 10.9. The van der Waals surface area contributed by atoms with Crippen molar-refractivity contribution in [2.75, 3.05) is 0 Å². The maximum absolute atomic E-state index is 14.3. The van der Waals surface area contributed by atoms with Gasteiger partial charge in [0.15, 0.2) is 23.2 Å². The smallest absolute Gasteiger partial charge is 0.166 e. The molecule has 4 heteroatoms. The first-order valence-corrected chi connectivity index (χ1v) is 9.50. The van der Waals surface area contributed by atoms with Gasteiger partial charge in [-0.15, -0.1) is 0 Å². The fraction of sp³-hybridized carbons (Fsp3) is 0.250. The third-order valence-electron chi connectivity index (χ3n) is 4.74. The summed E-state index contributed by atoms with van der Waals surface area (Å²) >= 11 is 0. The van der Waals surface area contributed by atoms with E-state index in [0.29, 0.717) is 17.5 Å². The zero-order valence-electron chi connectivity index (χ0n) is 16.1. The SMILES string of the molecule is CCCc1ccc(OCc2ccc(-c3ccc(CC)c(F)c3F)cc2)c(F)c1. The predicted octanol–water partition coefficient (Wildman–Crippen LogP) is 6.86. The molecule has 3 rings (SSSR count). The first-order valence-electron chi connectivity index (χ1n) is 9.50. The average molecular weight is 384 g/mol. The number of ether oxygens (including phenoxy) is 1. The van der Waals surface area contributed by atoms with Crippen molar-refractivity contribution in [2.45, 2.75) is 39.7 Å². The fourth-order valence-corrected chi connectivity index (χ4v) is 3.13. The van der Waals surface area contributed by atoms with Crippen LogP contribution in [0.15, 0.2) is 54.6 Å². The van der Waals surface area contributed by atoms with Gasteiger partial charge in [0.25, 0.3) is 0 Å². The minimum atomic E-state index is -0.836. The van der Waals surface area contributed by atoms with Gasteiger partial charge >= 0.3 is 0 Å². The lowest BCUT2D eigenvalue weighted by Crippen LogP contribution is -1.99. The van der Waals surface area contributed by atoms with Crippen molar-refractivity contribution in [3.8, 4) is 16.9 Å². The van der Waals surface area contributed by atoms with E-state index in [2.05, 4.69) is 0 Å². The topological polar surface area (TPSA) is 9.23 Å². The van der Waals surface area contributed by atoms with Crippen molar-refractivity contribution in [1.29, 1.82) is 0 Å². The Bertz CT molecular complexity index is 949. The van der Waals surface area contributed by atoms with Gasteiger partial charge in [-0.3, -0.25) is 0 Å². The maximum atomic E-state index is 14.3. The highest BCUT2D eigenvalue weighted by molar-refractivity contribution is 5.65. The molecule has 0 aromatic heterocycles. The van der Waals surface area contributed by atoms with E-state index < -0.39 is 11.6 Å². The van der Waals surface area contributed by atoms with Crippen LogP contribution < -0.4 is 4.74 Å². The Morgan fingerprint density at radius 3 is 2.14 bits per heavy atom. The summed E-state index contributed by atoms with van der Waals surface area (Å²) in [5, 5.41) is 0. The summed E-state index contributed by atoms with van der Waals surface area (Å²) in [6.07, 6.45) is 2.22. The van der Waals surface area contributed by atoms with Crippen molar-refractivity contribution in [3.63, 3.8) is 0 Å². The Kier molecular flexibility index (Phi) is 6.40. The number of rotatable bonds is 7. The van der Waals surface area contributed by atoms with Crippen molar-refractivity contribution in [1.82, 2.24) is 0 Å². The van der Waals surface area contributed by atoms with Crippen LogP contribution in [0.4, 0.5) is 13.2 Å². The van der Waals surface area contributed by atoms with Gasteiger partial charge in [0.2, 0.25) is 0 Å². The molecule has 0 aliphatic carbocycles. The Labute approximate surface area is 163 Å². The molecule has 0 unspecified atom stereocenters. The van der Waals surface area contributed by atoms with Gasteiger partial charge in [-0.05, 0) is 47.2 Å². The first-order chi connectivity index (χ1) is 13.5. The lowest BCUT2D eigenvalue weighted by molar-refractivity contribution is 0.290. The minimum absolute atomic E-state index is 0.190. The quantitative estimate of drug-likeness (QED) is 0.432. The zero-order valence-corrected chi connectivity index (χ0v) is 16.1. The molecule has 0 spiro atoms. The predicted molar refractivity (Wildman–Crippen MR) is 106 cm³/mol. The van der Waals surface area contributed by atoms with Gasteiger partial charge in [-0.1, -0.05) is 62.7 Å². The number of benzene rings is 3. The second kappa shape index (κ2) is 8.96. The molecular weight excluding hydrogens is 361 g/mol. The van der Waals surface area contributed by atoms with Crippen LogP contribution in [0.25, 0.3) is 11.1 Å². The Morgan fingerprint density at radius 2 is 1.50 bits per heavy atom. The molecule has 28 heavy (non-hydrogen) atoms. The molecule has 3 aromatic rings. The second-order valence-electron chi connectivity index (χ2n) is 6.75. The van der Waals surface area contributed by atoms with E-state index in [1.165, 1.54) is 6.07 Å². The van der Waals surface area contributed by atoms with Gasteiger partial charge in [0, 0.05) is 5.56 Å². The van der Waals surface area contributed by atoms with Crippen LogP contribution in [0, 0.1) is 17.5 Å². The Balaban J connectivity index is 1.71. The molecule has 0 aliphatic heterocycles. The molecule has 0 atom stereocenters. The van der Waals surface area contributed by atoms with Gasteiger partial charge in [0.05, 0.1) is 0 Å². The molecule has 0 saturated carbocycles. The van der Waals surface area contributed by atoms with Gasteiger partial charge in [0.1, 0.15) is 6.61 Å². The standard InChI is InChI=1S/C24H23F3O/c1-3-5-16-8-13-22(21(25)14-16)28-15-17-6-9-19(10-7-17)20-12-11-18(4-2)23(26)24(20)27/h6-14H,3-5,15H2,1-2H3. The summed E-state index contributed by atoms with van der Waals surface area (Å²) < 4.78 is 48.0. The monoisotopic (exact) mass is 384 g/mol. The molecule has 0 saturated heterocycles. The average Bonchev–Trinajstić information content (AvgIpc) is 2.70. The van der Waals surface area contributed by atoms with Gasteiger partial charge in [-0.25, -0.2) is 13.2 Å². The van der Waals surface area contributed by atoms with Crippen LogP contribution in [0.1, 0.15) is 37.0 Å². The van der Waals surface area contributed by atoms with Crippen LogP contribution in [-0.4, -0.2) is 0 Å². The van der Waals surface area contributed by atoms with Crippen LogP contribution in [0.3, 0.4) is 0 Å². The van der Waals surface area contributed by atoms with E-state index in [9.17, 15) is 13.2 Å². The zero-order chi connectivity index (χ0) is 20.1. The van der Waals surface area contributed by atoms with Gasteiger partial charge in [-0.2, -0.15) is 0 Å². The van der Waals surface area contributed by atoms with Crippen LogP contribution >= 0.6 is 0 Å². The van der Waals surface area contributed by atoms with Crippen LogP contribution in [-0.2, 0) is 19.4 Å². The van der Waals surface area contributed by atoms with E-state index in [0.717, 1.165) is 24.0 Å². The van der Waals surface area contributed by atoms with Crippen molar-refractivity contribution in [2.24, 2.45) is 0 Å². The molecule has 1 nitrogen and oxygen atoms in total. The summed E-state index contributed by atoms with van der Waals surface area (Å²) in [4.78, 5) is 0. The molecule has 0 amide bonds. The summed E-state index contributed by atoms with van der Waals surface area (Å²) in [7, 11) is 0. The molecule has 0 N–H and O–H groups in total. The highest BCUT2D eigenvalue weighted by Crippen LogP contribution is 2.27. The number of halogens is 3. The molecule has 0 heterocycles. The van der Waals surface area contributed by atoms with E-state index in [1.54, 1.807) is 49.4 Å². The summed E-state index contributed by atoms with van der Waals surface area (Å²) in [5.74, 6) is -1.81. The maximum Gasteiger partial charge on any atom is 0.166 e. The van der Waals surface area contributed by atoms with E-state index in [-0.39, 0.29) is 23.7 Å². The van der Waals surface area contributed by atoms with Crippen LogP contribution in [0.2, 0.25) is 0 Å². The highest BCUT2D eigenvalue weighted by Gasteiger charge is 2.14. The lowest BCUT2D eigenvalue weighted by atomic mass is 10.0. The third kappa shape index (κ3) is 4.38. The van der Waals surface area contributed by atoms with E-state index in [4.69, 9.17) is 4.74 Å². The molecule has 0 radical (unpaired) electrons. The number of aryl methyl sites for hydroxylation is 2. The summed E-state index contributed by atoms with van der Waals surface area (Å²) in [6.45, 7) is 4.02. The van der Waals surface area contributed by atoms with Crippen molar-refractivity contribution < 1.29 is 17.9 Å². The van der Waals surface area contributed by atoms with Crippen molar-refractivity contribution >= 4 is 0 Å². The number of hydrogen-bond donors (Lipinski definition) is 0. The van der Waals surface area contributed by atoms with Gasteiger partial charge < -0.3 is 4.74 Å². The van der Waals surface area contributed by atoms with Crippen LogP contribution in [0.5, 0.6) is 5.75 Å². The Morgan fingerprint density at radius 1 is 0.786 bits per heavy atom. The molecule has 0 aliphatic rings. The molecule has 0 fully saturated rings. The fourth-order valence-electron chi connectivity index (χ4n) is 3.13. The molecule has 146 valence electrons. The second-order valence-corrected chi connectivity index (χ2v) is 6.75. The molecular formula is C24H23F3O.